The van der Waals surface area contributed by atoms with Crippen molar-refractivity contribution in [3.8, 4) is 11.5 Å². The third-order valence-electron chi connectivity index (χ3n) is 4.39. The topological polar surface area (TPSA) is 67.5 Å². The number of fused-ring (bicyclic) bond motifs is 1. The number of nitrogens with one attached hydrogen (secondary N) is 1. The van der Waals surface area contributed by atoms with Crippen molar-refractivity contribution in [2.45, 2.75) is 25.2 Å². The molecular formula is C17H21F2N3O3. The Morgan fingerprint density at radius 3 is 2.76 bits per heavy atom. The molecule has 0 spiro atoms. The van der Waals surface area contributed by atoms with Crippen LogP contribution < -0.4 is 15.0 Å². The first-order valence-corrected chi connectivity index (χ1v) is 8.27. The molecule has 6 nitrogen and oxygen atoms in total. The summed E-state index contributed by atoms with van der Waals surface area (Å²) in [4.78, 5) is 20.5. The van der Waals surface area contributed by atoms with E-state index in [2.05, 4.69) is 9.97 Å². The van der Waals surface area contributed by atoms with Crippen LogP contribution in [0.15, 0.2) is 23.3 Å². The number of ether oxygens (including phenoxy) is 2. The number of aromatic nitrogens is 2. The minimum atomic E-state index is -2.52. The van der Waals surface area contributed by atoms with Gasteiger partial charge in [-0.1, -0.05) is 0 Å². The first-order chi connectivity index (χ1) is 12.0. The van der Waals surface area contributed by atoms with Gasteiger partial charge in [-0.15, -0.1) is 0 Å². The Morgan fingerprint density at radius 1 is 1.28 bits per heavy atom. The number of piperidine rings is 1. The van der Waals surface area contributed by atoms with Crippen molar-refractivity contribution in [1.82, 2.24) is 14.9 Å². The first-order valence-electron chi connectivity index (χ1n) is 8.27. The number of alkyl halides is 2. The Hall–Kier alpha value is -2.22. The predicted molar refractivity (Wildman–Crippen MR) is 89.6 cm³/mol. The number of nitrogens with zero attached hydrogens (tertiary/aromatic N) is 2. The van der Waals surface area contributed by atoms with E-state index in [1.807, 2.05) is 4.90 Å². The molecule has 1 aromatic heterocycles. The molecule has 136 valence electrons. The highest BCUT2D eigenvalue weighted by molar-refractivity contribution is 5.81. The fourth-order valence-electron chi connectivity index (χ4n) is 2.92. The van der Waals surface area contributed by atoms with Crippen molar-refractivity contribution in [3.05, 3.63) is 28.8 Å². The van der Waals surface area contributed by atoms with Crippen molar-refractivity contribution in [1.29, 1.82) is 0 Å². The highest BCUT2D eigenvalue weighted by Crippen LogP contribution is 2.30. The number of rotatable bonds is 6. The van der Waals surface area contributed by atoms with Crippen molar-refractivity contribution >= 4 is 10.9 Å². The quantitative estimate of drug-likeness (QED) is 0.808. The average Bonchev–Trinajstić information content (AvgIpc) is 2.59. The lowest BCUT2D eigenvalue weighted by Crippen LogP contribution is -2.40. The van der Waals surface area contributed by atoms with Crippen molar-refractivity contribution in [2.75, 3.05) is 33.4 Å². The predicted octanol–water partition coefficient (Wildman–Crippen LogP) is 2.43. The molecule has 0 amide bonds. The molecular weight excluding hydrogens is 332 g/mol. The van der Waals surface area contributed by atoms with Crippen LogP contribution in [0.1, 0.15) is 19.3 Å². The Bertz CT molecular complexity index is 784. The van der Waals surface area contributed by atoms with E-state index in [4.69, 9.17) is 9.47 Å². The van der Waals surface area contributed by atoms with E-state index in [9.17, 15) is 13.6 Å². The summed E-state index contributed by atoms with van der Waals surface area (Å²) in [5.74, 6) is -1.54. The molecule has 0 unspecified atom stereocenters. The number of H-pyrrole nitrogens is 1. The van der Waals surface area contributed by atoms with Gasteiger partial charge in [-0.2, -0.15) is 0 Å². The normalized spacial score (nSPS) is 17.6. The van der Waals surface area contributed by atoms with E-state index in [0.29, 0.717) is 48.6 Å². The maximum atomic E-state index is 13.1. The van der Waals surface area contributed by atoms with Crippen LogP contribution in [0.2, 0.25) is 0 Å². The van der Waals surface area contributed by atoms with Gasteiger partial charge in [0, 0.05) is 38.5 Å². The Balaban J connectivity index is 1.57. The van der Waals surface area contributed by atoms with E-state index in [1.165, 1.54) is 13.4 Å². The number of methoxy groups -OCH3 is 1. The summed E-state index contributed by atoms with van der Waals surface area (Å²) in [6, 6.07) is 3.27. The van der Waals surface area contributed by atoms with Gasteiger partial charge in [-0.3, -0.25) is 4.79 Å². The van der Waals surface area contributed by atoms with Gasteiger partial charge in [-0.25, -0.2) is 13.8 Å². The lowest BCUT2D eigenvalue weighted by atomic mass is 10.1. The summed E-state index contributed by atoms with van der Waals surface area (Å²) in [6.07, 6.45) is 1.90. The molecule has 1 aliphatic heterocycles. The maximum absolute atomic E-state index is 13.1. The van der Waals surface area contributed by atoms with Crippen LogP contribution in [0.4, 0.5) is 8.78 Å². The zero-order valence-corrected chi connectivity index (χ0v) is 14.1. The van der Waals surface area contributed by atoms with E-state index < -0.39 is 5.92 Å². The monoisotopic (exact) mass is 353 g/mol. The van der Waals surface area contributed by atoms with Crippen LogP contribution in [0.5, 0.6) is 11.5 Å². The second-order valence-electron chi connectivity index (χ2n) is 6.15. The van der Waals surface area contributed by atoms with Gasteiger partial charge in [0.05, 0.1) is 30.9 Å². The number of aromatic amines is 1. The highest BCUT2D eigenvalue weighted by atomic mass is 19.3. The standard InChI is InChI=1S/C17H21F2N3O3/c1-24-14-9-12-13(20-11-21-16(12)23)10-15(14)25-8-2-5-22-6-3-17(18,19)4-7-22/h9-11H,2-8H2,1H3,(H,20,21,23). The Kier molecular flexibility index (Phi) is 5.17. The Labute approximate surface area is 143 Å². The van der Waals surface area contributed by atoms with Crippen LogP contribution >= 0.6 is 0 Å². The van der Waals surface area contributed by atoms with Gasteiger partial charge in [0.1, 0.15) is 0 Å². The van der Waals surface area contributed by atoms with Gasteiger partial charge in [-0.05, 0) is 12.5 Å². The zero-order chi connectivity index (χ0) is 17.9. The number of benzene rings is 1. The molecule has 1 fully saturated rings. The molecule has 0 radical (unpaired) electrons. The van der Waals surface area contributed by atoms with E-state index in [0.717, 1.165) is 6.42 Å². The second-order valence-corrected chi connectivity index (χ2v) is 6.15. The third kappa shape index (κ3) is 4.25. The van der Waals surface area contributed by atoms with Crippen LogP contribution in [0.25, 0.3) is 10.9 Å². The van der Waals surface area contributed by atoms with Gasteiger partial charge >= 0.3 is 0 Å². The van der Waals surface area contributed by atoms with E-state index >= 15 is 0 Å². The minimum Gasteiger partial charge on any atom is -0.493 e. The fourth-order valence-corrected chi connectivity index (χ4v) is 2.92. The molecule has 2 heterocycles. The zero-order valence-electron chi connectivity index (χ0n) is 14.1. The summed E-state index contributed by atoms with van der Waals surface area (Å²) in [5.41, 5.74) is 0.287. The van der Waals surface area contributed by atoms with Gasteiger partial charge < -0.3 is 19.4 Å². The van der Waals surface area contributed by atoms with Gasteiger partial charge in [0.2, 0.25) is 0 Å². The number of hydrogen-bond acceptors (Lipinski definition) is 5. The lowest BCUT2D eigenvalue weighted by molar-refractivity contribution is -0.0554. The van der Waals surface area contributed by atoms with Crippen molar-refractivity contribution in [2.24, 2.45) is 0 Å². The summed E-state index contributed by atoms with van der Waals surface area (Å²) in [7, 11) is 1.51. The Morgan fingerprint density at radius 2 is 2.04 bits per heavy atom. The lowest BCUT2D eigenvalue weighted by Gasteiger charge is -2.31. The molecule has 1 saturated heterocycles. The largest absolute Gasteiger partial charge is 0.493 e. The molecule has 1 N–H and O–H groups in total. The van der Waals surface area contributed by atoms with Crippen LogP contribution in [0.3, 0.4) is 0 Å². The van der Waals surface area contributed by atoms with Crippen LogP contribution in [-0.4, -0.2) is 54.1 Å². The highest BCUT2D eigenvalue weighted by Gasteiger charge is 2.33. The summed E-state index contributed by atoms with van der Waals surface area (Å²) < 4.78 is 37.3. The molecule has 2 aromatic rings. The molecule has 1 aromatic carbocycles. The molecule has 3 rings (SSSR count). The number of hydrogen-bond donors (Lipinski definition) is 1. The molecule has 0 saturated carbocycles. The van der Waals surface area contributed by atoms with Gasteiger partial charge in [0.25, 0.3) is 11.5 Å². The SMILES string of the molecule is COc1cc2c(=O)[nH]cnc2cc1OCCCN1CCC(F)(F)CC1. The summed E-state index contributed by atoms with van der Waals surface area (Å²) in [6.45, 7) is 1.97. The molecule has 0 atom stereocenters. The molecule has 8 heteroatoms. The average molecular weight is 353 g/mol. The van der Waals surface area contributed by atoms with E-state index in [-0.39, 0.29) is 18.4 Å². The first kappa shape index (κ1) is 17.6. The second kappa shape index (κ2) is 7.35. The number of likely N-dealkylation sites (tertiary alicyclic amines) is 1. The minimum absolute atomic E-state index is 0.0768. The van der Waals surface area contributed by atoms with Gasteiger partial charge in [0.15, 0.2) is 11.5 Å². The molecule has 0 aliphatic carbocycles. The summed E-state index contributed by atoms with van der Waals surface area (Å²) >= 11 is 0. The molecule has 1 aliphatic rings. The summed E-state index contributed by atoms with van der Waals surface area (Å²) in [5, 5.41) is 0.431. The molecule has 25 heavy (non-hydrogen) atoms. The third-order valence-corrected chi connectivity index (χ3v) is 4.39. The maximum Gasteiger partial charge on any atom is 0.258 e. The van der Waals surface area contributed by atoms with Crippen molar-refractivity contribution < 1.29 is 18.3 Å². The van der Waals surface area contributed by atoms with Crippen LogP contribution in [-0.2, 0) is 0 Å². The van der Waals surface area contributed by atoms with Crippen molar-refractivity contribution in [3.63, 3.8) is 0 Å². The van der Waals surface area contributed by atoms with Crippen LogP contribution in [0, 0.1) is 0 Å². The smallest absolute Gasteiger partial charge is 0.258 e. The fraction of sp³-hybridized carbons (Fsp3) is 0.529. The molecule has 0 bridgehead atoms. The number of halogens is 2. The van der Waals surface area contributed by atoms with E-state index in [1.54, 1.807) is 12.1 Å².